The third-order valence-electron chi connectivity index (χ3n) is 5.11. The first-order valence-electron chi connectivity index (χ1n) is 8.26. The molecule has 0 saturated carbocycles. The molecule has 2 aliphatic heterocycles. The van der Waals surface area contributed by atoms with E-state index in [0.717, 1.165) is 4.88 Å². The third-order valence-corrected chi connectivity index (χ3v) is 6.06. The second-order valence-electron chi connectivity index (χ2n) is 6.27. The van der Waals surface area contributed by atoms with Gasteiger partial charge in [0, 0.05) is 11.4 Å². The van der Waals surface area contributed by atoms with Crippen LogP contribution in [0.15, 0.2) is 17.5 Å². The van der Waals surface area contributed by atoms with Gasteiger partial charge in [-0.25, -0.2) is 0 Å². The van der Waals surface area contributed by atoms with Crippen LogP contribution in [0, 0.1) is 11.8 Å². The number of imide groups is 1. The summed E-state index contributed by atoms with van der Waals surface area (Å²) in [7, 11) is 1.33. The summed E-state index contributed by atoms with van der Waals surface area (Å²) in [6.07, 6.45) is 1.16. The van der Waals surface area contributed by atoms with Crippen LogP contribution >= 0.6 is 11.3 Å². The summed E-state index contributed by atoms with van der Waals surface area (Å²) in [5.41, 5.74) is -1.14. The number of methoxy groups -OCH3 is 1. The maximum atomic E-state index is 12.9. The van der Waals surface area contributed by atoms with E-state index in [0.29, 0.717) is 19.4 Å². The number of nitrogens with one attached hydrogen (secondary N) is 1. The zero-order chi connectivity index (χ0) is 17.5. The average molecular weight is 350 g/mol. The number of likely N-dealkylation sites (tertiary alicyclic amines) is 1. The Hall–Kier alpha value is -1.73. The number of ether oxygens (including phenoxy) is 1. The van der Waals surface area contributed by atoms with Crippen LogP contribution in [0.1, 0.15) is 37.6 Å². The lowest BCUT2D eigenvalue weighted by Gasteiger charge is -2.32. The van der Waals surface area contributed by atoms with Gasteiger partial charge >= 0.3 is 5.97 Å². The van der Waals surface area contributed by atoms with Gasteiger partial charge in [-0.1, -0.05) is 19.4 Å². The Labute approximate surface area is 145 Å². The third kappa shape index (κ3) is 2.22. The van der Waals surface area contributed by atoms with Crippen molar-refractivity contribution in [2.45, 2.75) is 38.3 Å². The van der Waals surface area contributed by atoms with Crippen molar-refractivity contribution < 1.29 is 19.1 Å². The van der Waals surface area contributed by atoms with E-state index in [1.807, 2.05) is 24.4 Å². The van der Waals surface area contributed by atoms with Gasteiger partial charge in [-0.15, -0.1) is 11.3 Å². The van der Waals surface area contributed by atoms with Crippen molar-refractivity contribution in [2.75, 3.05) is 13.7 Å². The summed E-state index contributed by atoms with van der Waals surface area (Å²) in [4.78, 5) is 40.7. The highest BCUT2D eigenvalue weighted by Gasteiger charge is 2.68. The molecule has 0 aromatic carbocycles. The highest BCUT2D eigenvalue weighted by Crippen LogP contribution is 2.51. The molecule has 2 aliphatic rings. The van der Waals surface area contributed by atoms with E-state index < -0.39 is 23.3 Å². The molecule has 1 aromatic rings. The Morgan fingerprint density at radius 1 is 1.38 bits per heavy atom. The van der Waals surface area contributed by atoms with Crippen LogP contribution in [0.5, 0.6) is 0 Å². The van der Waals surface area contributed by atoms with Gasteiger partial charge in [-0.3, -0.25) is 24.6 Å². The van der Waals surface area contributed by atoms with Crippen molar-refractivity contribution in [1.29, 1.82) is 0 Å². The van der Waals surface area contributed by atoms with Crippen LogP contribution in [0.2, 0.25) is 0 Å². The van der Waals surface area contributed by atoms with Crippen LogP contribution in [-0.4, -0.2) is 41.9 Å². The summed E-state index contributed by atoms with van der Waals surface area (Å²) >= 11 is 1.52. The molecule has 4 atom stereocenters. The van der Waals surface area contributed by atoms with Crippen molar-refractivity contribution in [1.82, 2.24) is 10.2 Å². The van der Waals surface area contributed by atoms with Gasteiger partial charge in [-0.05, 0) is 24.8 Å². The molecule has 1 N–H and O–H groups in total. The minimum absolute atomic E-state index is 0.194. The van der Waals surface area contributed by atoms with Crippen LogP contribution in [-0.2, 0) is 19.1 Å². The quantitative estimate of drug-likeness (QED) is 0.646. The SMILES string of the molecule is CCCC1(C(=O)OC)NC(c2cccs2)C2C(=O)N(CC)C(=O)C21. The van der Waals surface area contributed by atoms with E-state index in [-0.39, 0.29) is 17.9 Å². The maximum absolute atomic E-state index is 12.9. The average Bonchev–Trinajstić information content (AvgIpc) is 3.25. The minimum atomic E-state index is -1.14. The molecule has 1 aromatic heterocycles. The van der Waals surface area contributed by atoms with Gasteiger partial charge in [-0.2, -0.15) is 0 Å². The number of nitrogens with zero attached hydrogens (tertiary/aromatic N) is 1. The molecule has 24 heavy (non-hydrogen) atoms. The summed E-state index contributed by atoms with van der Waals surface area (Å²) in [5.74, 6) is -2.18. The van der Waals surface area contributed by atoms with E-state index >= 15 is 0 Å². The smallest absolute Gasteiger partial charge is 0.326 e. The topological polar surface area (TPSA) is 75.7 Å². The highest BCUT2D eigenvalue weighted by molar-refractivity contribution is 7.10. The van der Waals surface area contributed by atoms with Gasteiger partial charge in [0.2, 0.25) is 11.8 Å². The molecular formula is C17H22N2O4S. The molecular weight excluding hydrogens is 328 g/mol. The number of hydrogen-bond acceptors (Lipinski definition) is 6. The summed E-state index contributed by atoms with van der Waals surface area (Å²) in [6.45, 7) is 4.06. The van der Waals surface area contributed by atoms with Crippen molar-refractivity contribution in [3.05, 3.63) is 22.4 Å². The number of thiophene rings is 1. The lowest BCUT2D eigenvalue weighted by Crippen LogP contribution is -2.56. The zero-order valence-electron chi connectivity index (χ0n) is 14.1. The molecule has 0 radical (unpaired) electrons. The van der Waals surface area contributed by atoms with E-state index in [1.165, 1.54) is 23.3 Å². The van der Waals surface area contributed by atoms with Crippen LogP contribution in [0.4, 0.5) is 0 Å². The number of esters is 1. The normalized spacial score (nSPS) is 32.3. The highest BCUT2D eigenvalue weighted by atomic mass is 32.1. The fourth-order valence-corrected chi connectivity index (χ4v) is 5.01. The zero-order valence-corrected chi connectivity index (χ0v) is 14.9. The molecule has 130 valence electrons. The van der Waals surface area contributed by atoms with Gasteiger partial charge < -0.3 is 4.74 Å². The first-order chi connectivity index (χ1) is 11.5. The molecule has 3 rings (SSSR count). The first-order valence-corrected chi connectivity index (χ1v) is 9.14. The molecule has 2 fully saturated rings. The molecule has 0 bridgehead atoms. The van der Waals surface area contributed by atoms with Crippen molar-refractivity contribution >= 4 is 29.1 Å². The Morgan fingerprint density at radius 2 is 2.12 bits per heavy atom. The molecule has 0 spiro atoms. The lowest BCUT2D eigenvalue weighted by atomic mass is 9.77. The summed E-state index contributed by atoms with van der Waals surface area (Å²) < 4.78 is 5.04. The molecule has 0 aliphatic carbocycles. The second-order valence-corrected chi connectivity index (χ2v) is 7.25. The lowest BCUT2D eigenvalue weighted by molar-refractivity contribution is -0.154. The van der Waals surface area contributed by atoms with Gasteiger partial charge in [0.15, 0.2) is 0 Å². The molecule has 2 saturated heterocycles. The van der Waals surface area contributed by atoms with Crippen LogP contribution < -0.4 is 5.32 Å². The Kier molecular flexibility index (Phi) is 4.48. The number of fused-ring (bicyclic) bond motifs is 1. The minimum Gasteiger partial charge on any atom is -0.468 e. The molecule has 3 heterocycles. The van der Waals surface area contributed by atoms with Crippen molar-refractivity contribution in [3.8, 4) is 0 Å². The molecule has 7 heteroatoms. The van der Waals surface area contributed by atoms with E-state index in [9.17, 15) is 14.4 Å². The fraction of sp³-hybridized carbons (Fsp3) is 0.588. The number of carbonyl (C=O) groups excluding carboxylic acids is 3. The Bertz CT molecular complexity index is 660. The summed E-state index contributed by atoms with van der Waals surface area (Å²) in [6, 6.07) is 3.51. The largest absolute Gasteiger partial charge is 0.468 e. The standard InChI is InChI=1S/C17H22N2O4S/c1-4-8-17(16(22)23-3)12-11(14(20)19(5-2)15(12)21)13(18-17)10-7-6-9-24-10/h6-7,9,11-13,18H,4-5,8H2,1-3H3. The number of amides is 2. The fourth-order valence-electron chi connectivity index (χ4n) is 4.18. The Morgan fingerprint density at radius 3 is 2.67 bits per heavy atom. The Balaban J connectivity index is 2.13. The molecule has 2 amide bonds. The van der Waals surface area contributed by atoms with E-state index in [1.54, 1.807) is 6.92 Å². The van der Waals surface area contributed by atoms with E-state index in [2.05, 4.69) is 5.32 Å². The van der Waals surface area contributed by atoms with Crippen LogP contribution in [0.3, 0.4) is 0 Å². The van der Waals surface area contributed by atoms with Crippen LogP contribution in [0.25, 0.3) is 0 Å². The van der Waals surface area contributed by atoms with Gasteiger partial charge in [0.1, 0.15) is 5.54 Å². The number of rotatable bonds is 5. The summed E-state index contributed by atoms with van der Waals surface area (Å²) in [5, 5.41) is 5.27. The first kappa shape index (κ1) is 17.1. The predicted octanol–water partition coefficient (Wildman–Crippen LogP) is 1.73. The molecule has 6 nitrogen and oxygen atoms in total. The second kappa shape index (κ2) is 6.29. The van der Waals surface area contributed by atoms with Gasteiger partial charge in [0.25, 0.3) is 0 Å². The van der Waals surface area contributed by atoms with Crippen molar-refractivity contribution in [3.63, 3.8) is 0 Å². The van der Waals surface area contributed by atoms with E-state index in [4.69, 9.17) is 4.74 Å². The molecule has 4 unspecified atom stereocenters. The predicted molar refractivity (Wildman–Crippen MR) is 89.2 cm³/mol. The number of hydrogen-bond donors (Lipinski definition) is 1. The number of carbonyl (C=O) groups is 3. The monoisotopic (exact) mass is 350 g/mol. The van der Waals surface area contributed by atoms with Crippen molar-refractivity contribution in [2.24, 2.45) is 11.8 Å². The maximum Gasteiger partial charge on any atom is 0.326 e. The van der Waals surface area contributed by atoms with Gasteiger partial charge in [0.05, 0.1) is 25.0 Å².